The van der Waals surface area contributed by atoms with Gasteiger partial charge in [-0.15, -0.1) is 0 Å². The molecule has 1 heterocycles. The molecule has 1 aromatic heterocycles. The number of para-hydroxylation sites is 1. The summed E-state index contributed by atoms with van der Waals surface area (Å²) in [5.41, 5.74) is 0.867. The second-order valence-corrected chi connectivity index (χ2v) is 3.41. The van der Waals surface area contributed by atoms with E-state index in [-0.39, 0.29) is 0 Å². The van der Waals surface area contributed by atoms with Crippen molar-refractivity contribution >= 4 is 16.9 Å². The Morgan fingerprint density at radius 1 is 1.53 bits per heavy atom. The topological polar surface area (TPSA) is 55.1 Å². The van der Waals surface area contributed by atoms with Gasteiger partial charge in [0.2, 0.25) is 0 Å². The summed E-state index contributed by atoms with van der Waals surface area (Å²) < 4.78 is 1.57. The Hall–Kier alpha value is -1.84. The van der Waals surface area contributed by atoms with Gasteiger partial charge >= 0.3 is 5.97 Å². The van der Waals surface area contributed by atoms with Crippen molar-refractivity contribution in [2.24, 2.45) is 0 Å². The van der Waals surface area contributed by atoms with Gasteiger partial charge in [0.05, 0.1) is 11.7 Å². The lowest BCUT2D eigenvalue weighted by Gasteiger charge is -2.11. The Bertz CT molecular complexity index is 490. The van der Waals surface area contributed by atoms with Crippen LogP contribution in [0.2, 0.25) is 0 Å². The van der Waals surface area contributed by atoms with Crippen molar-refractivity contribution in [2.45, 2.75) is 19.4 Å². The van der Waals surface area contributed by atoms with E-state index < -0.39 is 12.0 Å². The number of carbonyl (C=O) groups is 1. The lowest BCUT2D eigenvalue weighted by atomic mass is 10.2. The van der Waals surface area contributed by atoms with Crippen LogP contribution in [0.5, 0.6) is 0 Å². The van der Waals surface area contributed by atoms with E-state index in [1.54, 1.807) is 10.9 Å². The van der Waals surface area contributed by atoms with Crippen molar-refractivity contribution in [1.29, 1.82) is 0 Å². The minimum absolute atomic E-state index is 0.529. The molecule has 0 saturated carbocycles. The van der Waals surface area contributed by atoms with Gasteiger partial charge in [-0.1, -0.05) is 25.1 Å². The summed E-state index contributed by atoms with van der Waals surface area (Å²) in [6.45, 7) is 1.84. The van der Waals surface area contributed by atoms with E-state index in [9.17, 15) is 4.79 Å². The van der Waals surface area contributed by atoms with Crippen molar-refractivity contribution in [3.8, 4) is 0 Å². The molecule has 2 aromatic rings. The Morgan fingerprint density at radius 3 is 2.93 bits per heavy atom. The first-order valence-corrected chi connectivity index (χ1v) is 4.89. The Morgan fingerprint density at radius 2 is 2.27 bits per heavy atom. The zero-order valence-corrected chi connectivity index (χ0v) is 8.42. The van der Waals surface area contributed by atoms with Crippen molar-refractivity contribution in [1.82, 2.24) is 9.78 Å². The monoisotopic (exact) mass is 204 g/mol. The van der Waals surface area contributed by atoms with Crippen LogP contribution in [0.25, 0.3) is 10.9 Å². The molecule has 15 heavy (non-hydrogen) atoms. The van der Waals surface area contributed by atoms with Gasteiger partial charge in [-0.3, -0.25) is 4.68 Å². The fraction of sp³-hybridized carbons (Fsp3) is 0.273. The SMILES string of the molecule is CCC(C(=O)O)n1ncc2ccccc21. The van der Waals surface area contributed by atoms with Crippen LogP contribution in [0.15, 0.2) is 30.5 Å². The van der Waals surface area contributed by atoms with Crippen molar-refractivity contribution in [3.05, 3.63) is 30.5 Å². The van der Waals surface area contributed by atoms with Crippen LogP contribution in [-0.2, 0) is 4.79 Å². The lowest BCUT2D eigenvalue weighted by Crippen LogP contribution is -2.19. The average molecular weight is 204 g/mol. The summed E-state index contributed by atoms with van der Waals surface area (Å²) in [5.74, 6) is -0.841. The standard InChI is InChI=1S/C11H12N2O2/c1-2-9(11(14)15)13-10-6-4-3-5-8(10)7-12-13/h3-7,9H,2H2,1H3,(H,14,15). The Kier molecular flexibility index (Phi) is 2.41. The fourth-order valence-electron chi connectivity index (χ4n) is 1.69. The van der Waals surface area contributed by atoms with Gasteiger partial charge in [0.15, 0.2) is 0 Å². The summed E-state index contributed by atoms with van der Waals surface area (Å²) in [6.07, 6.45) is 2.22. The van der Waals surface area contributed by atoms with Crippen molar-refractivity contribution in [3.63, 3.8) is 0 Å². The molecule has 1 N–H and O–H groups in total. The number of aliphatic carboxylic acids is 1. The van der Waals surface area contributed by atoms with Crippen LogP contribution in [0.4, 0.5) is 0 Å². The Balaban J connectivity index is 2.55. The van der Waals surface area contributed by atoms with Crippen LogP contribution in [0, 0.1) is 0 Å². The molecule has 0 bridgehead atoms. The maximum atomic E-state index is 11.0. The van der Waals surface area contributed by atoms with Gasteiger partial charge in [-0.2, -0.15) is 5.10 Å². The van der Waals surface area contributed by atoms with E-state index in [0.29, 0.717) is 6.42 Å². The molecule has 1 unspecified atom stereocenters. The average Bonchev–Trinajstić information content (AvgIpc) is 2.63. The van der Waals surface area contributed by atoms with E-state index >= 15 is 0 Å². The smallest absolute Gasteiger partial charge is 0.328 e. The predicted molar refractivity (Wildman–Crippen MR) is 56.7 cm³/mol. The predicted octanol–water partition coefficient (Wildman–Crippen LogP) is 2.07. The molecule has 4 heteroatoms. The first-order chi connectivity index (χ1) is 7.24. The van der Waals surface area contributed by atoms with Crippen molar-refractivity contribution in [2.75, 3.05) is 0 Å². The van der Waals surface area contributed by atoms with Gasteiger partial charge in [0, 0.05) is 5.39 Å². The number of rotatable bonds is 3. The van der Waals surface area contributed by atoms with E-state index in [4.69, 9.17) is 5.11 Å². The molecule has 0 saturated heterocycles. The maximum Gasteiger partial charge on any atom is 0.328 e. The third-order valence-corrected chi connectivity index (χ3v) is 2.47. The molecule has 4 nitrogen and oxygen atoms in total. The van der Waals surface area contributed by atoms with Gasteiger partial charge in [0.1, 0.15) is 6.04 Å². The normalized spacial score (nSPS) is 12.9. The molecule has 0 spiro atoms. The number of fused-ring (bicyclic) bond motifs is 1. The number of hydrogen-bond acceptors (Lipinski definition) is 2. The number of carboxylic acids is 1. The molecule has 0 amide bonds. The molecule has 0 aliphatic heterocycles. The summed E-state index contributed by atoms with van der Waals surface area (Å²) in [7, 11) is 0. The first kappa shape index (κ1) is 9.71. The minimum Gasteiger partial charge on any atom is -0.480 e. The van der Waals surface area contributed by atoms with Crippen LogP contribution < -0.4 is 0 Å². The minimum atomic E-state index is -0.841. The highest BCUT2D eigenvalue weighted by atomic mass is 16.4. The molecular weight excluding hydrogens is 192 g/mol. The third kappa shape index (κ3) is 1.58. The molecule has 0 radical (unpaired) electrons. The highest BCUT2D eigenvalue weighted by molar-refractivity contribution is 5.81. The fourth-order valence-corrected chi connectivity index (χ4v) is 1.69. The molecule has 1 atom stereocenters. The zero-order chi connectivity index (χ0) is 10.8. The molecule has 1 aromatic carbocycles. The third-order valence-electron chi connectivity index (χ3n) is 2.47. The number of hydrogen-bond donors (Lipinski definition) is 1. The second-order valence-electron chi connectivity index (χ2n) is 3.41. The molecule has 2 rings (SSSR count). The van der Waals surface area contributed by atoms with Gasteiger partial charge in [0.25, 0.3) is 0 Å². The van der Waals surface area contributed by atoms with Crippen LogP contribution in [0.3, 0.4) is 0 Å². The lowest BCUT2D eigenvalue weighted by molar-refractivity contribution is -0.141. The maximum absolute atomic E-state index is 11.0. The molecule has 0 aliphatic rings. The first-order valence-electron chi connectivity index (χ1n) is 4.89. The van der Waals surface area contributed by atoms with Crippen molar-refractivity contribution < 1.29 is 9.90 Å². The summed E-state index contributed by atoms with van der Waals surface area (Å²) in [5, 5.41) is 14.1. The Labute approximate surface area is 87.1 Å². The summed E-state index contributed by atoms with van der Waals surface area (Å²) in [4.78, 5) is 11.0. The number of carboxylic acid groups (broad SMARTS) is 1. The van der Waals surface area contributed by atoms with Crippen LogP contribution in [-0.4, -0.2) is 20.9 Å². The van der Waals surface area contributed by atoms with Gasteiger partial charge < -0.3 is 5.11 Å². The second kappa shape index (κ2) is 3.73. The largest absolute Gasteiger partial charge is 0.480 e. The highest BCUT2D eigenvalue weighted by Gasteiger charge is 2.19. The zero-order valence-electron chi connectivity index (χ0n) is 8.42. The summed E-state index contributed by atoms with van der Waals surface area (Å²) in [6, 6.07) is 7.02. The highest BCUT2D eigenvalue weighted by Crippen LogP contribution is 2.19. The quantitative estimate of drug-likeness (QED) is 0.832. The van der Waals surface area contributed by atoms with E-state index in [2.05, 4.69) is 5.10 Å². The van der Waals surface area contributed by atoms with Gasteiger partial charge in [-0.25, -0.2) is 4.79 Å². The van der Waals surface area contributed by atoms with E-state index in [0.717, 1.165) is 10.9 Å². The molecule has 0 aliphatic carbocycles. The number of aromatic nitrogens is 2. The van der Waals surface area contributed by atoms with E-state index in [1.807, 2.05) is 31.2 Å². The van der Waals surface area contributed by atoms with Crippen LogP contribution in [0.1, 0.15) is 19.4 Å². The van der Waals surface area contributed by atoms with E-state index in [1.165, 1.54) is 0 Å². The molecular formula is C11H12N2O2. The molecule has 0 fully saturated rings. The molecule has 78 valence electrons. The number of benzene rings is 1. The van der Waals surface area contributed by atoms with Gasteiger partial charge in [-0.05, 0) is 12.5 Å². The number of nitrogens with zero attached hydrogens (tertiary/aromatic N) is 2. The summed E-state index contributed by atoms with van der Waals surface area (Å²) >= 11 is 0. The van der Waals surface area contributed by atoms with Crippen LogP contribution >= 0.6 is 0 Å².